The number of amides is 1. The summed E-state index contributed by atoms with van der Waals surface area (Å²) in [5.41, 5.74) is 0.632. The number of carbonyl (C=O) groups excluding carboxylic acids is 1. The second-order valence-electron chi connectivity index (χ2n) is 7.14. The number of aromatic nitrogens is 2. The minimum absolute atomic E-state index is 0.142. The van der Waals surface area contributed by atoms with Crippen LogP contribution in [-0.2, 0) is 21.5 Å². The van der Waals surface area contributed by atoms with E-state index in [1.165, 1.54) is 6.20 Å². The zero-order valence-corrected chi connectivity index (χ0v) is 17.5. The van der Waals surface area contributed by atoms with Crippen molar-refractivity contribution in [1.82, 2.24) is 14.9 Å². The van der Waals surface area contributed by atoms with Crippen molar-refractivity contribution in [2.24, 2.45) is 0 Å². The summed E-state index contributed by atoms with van der Waals surface area (Å²) >= 11 is 12.5. The maximum atomic E-state index is 12.5. The van der Waals surface area contributed by atoms with E-state index in [0.29, 0.717) is 42.2 Å². The summed E-state index contributed by atoms with van der Waals surface area (Å²) in [6.45, 7) is 3.60. The molecule has 1 saturated heterocycles. The quantitative estimate of drug-likeness (QED) is 0.522. The minimum atomic E-state index is -0.547. The number of hydrogen-bond donors (Lipinski definition) is 1. The predicted molar refractivity (Wildman–Crippen MR) is 109 cm³/mol. The van der Waals surface area contributed by atoms with E-state index in [1.807, 2.05) is 6.07 Å². The first-order valence-electron chi connectivity index (χ1n) is 9.29. The van der Waals surface area contributed by atoms with E-state index in [9.17, 15) is 14.9 Å². The molecule has 0 spiro atoms. The molecule has 8 nitrogen and oxygen atoms in total. The van der Waals surface area contributed by atoms with Crippen LogP contribution in [0.3, 0.4) is 0 Å². The Kier molecular flexibility index (Phi) is 6.77. The molecular weight excluding hydrogens is 419 g/mol. The highest BCUT2D eigenvalue weighted by molar-refractivity contribution is 6.35. The van der Waals surface area contributed by atoms with Crippen molar-refractivity contribution in [3.63, 3.8) is 0 Å². The maximum absolute atomic E-state index is 12.5. The summed E-state index contributed by atoms with van der Waals surface area (Å²) in [7, 11) is 0. The van der Waals surface area contributed by atoms with Crippen molar-refractivity contribution in [3.05, 3.63) is 55.9 Å². The summed E-state index contributed by atoms with van der Waals surface area (Å²) in [5, 5.41) is 15.0. The molecule has 1 amide bonds. The first-order chi connectivity index (χ1) is 13.8. The third-order valence-electron chi connectivity index (χ3n) is 5.31. The van der Waals surface area contributed by atoms with Crippen LogP contribution in [0.5, 0.6) is 0 Å². The number of nitro groups is 1. The van der Waals surface area contributed by atoms with Crippen LogP contribution in [0.4, 0.5) is 5.82 Å². The highest BCUT2D eigenvalue weighted by atomic mass is 35.5. The summed E-state index contributed by atoms with van der Waals surface area (Å²) in [6.07, 6.45) is 3.01. The number of imidazole rings is 1. The lowest BCUT2D eigenvalue weighted by molar-refractivity contribution is -0.389. The average molecular weight is 441 g/mol. The van der Waals surface area contributed by atoms with Gasteiger partial charge < -0.3 is 24.7 Å². The zero-order valence-electron chi connectivity index (χ0n) is 16.0. The Morgan fingerprint density at radius 1 is 1.38 bits per heavy atom. The molecule has 156 valence electrons. The molecule has 1 aliphatic heterocycles. The van der Waals surface area contributed by atoms with E-state index in [2.05, 4.69) is 10.3 Å². The second-order valence-corrected chi connectivity index (χ2v) is 7.98. The fourth-order valence-electron chi connectivity index (χ4n) is 3.61. The number of carbonyl (C=O) groups is 1. The lowest BCUT2D eigenvalue weighted by Crippen LogP contribution is -2.45. The number of nitrogens with zero attached hydrogens (tertiary/aromatic N) is 3. The smallest absolute Gasteiger partial charge is 0.381 e. The summed E-state index contributed by atoms with van der Waals surface area (Å²) in [4.78, 5) is 26.6. The number of rotatable bonds is 7. The Morgan fingerprint density at radius 3 is 2.72 bits per heavy atom. The van der Waals surface area contributed by atoms with E-state index >= 15 is 0 Å². The third-order valence-corrected chi connectivity index (χ3v) is 5.85. The molecule has 2 heterocycles. The van der Waals surface area contributed by atoms with Crippen LogP contribution in [0.25, 0.3) is 0 Å². The SMILES string of the molecule is Cc1nc([N+](=O)[O-])cn1CCC(=O)NCC1(c2ccc(Cl)cc2Cl)CCOCC1. The molecule has 1 aromatic carbocycles. The van der Waals surface area contributed by atoms with E-state index in [1.54, 1.807) is 23.6 Å². The first-order valence-corrected chi connectivity index (χ1v) is 10.0. The van der Waals surface area contributed by atoms with Crippen LogP contribution < -0.4 is 5.32 Å². The Labute approximate surface area is 178 Å². The topological polar surface area (TPSA) is 99.3 Å². The number of aryl methyl sites for hydroxylation is 2. The molecular formula is C19H22Cl2N4O4. The van der Waals surface area contributed by atoms with Gasteiger partial charge in [-0.15, -0.1) is 0 Å². The normalized spacial score (nSPS) is 15.8. The van der Waals surface area contributed by atoms with Gasteiger partial charge in [-0.2, -0.15) is 0 Å². The molecule has 2 aromatic rings. The molecule has 1 aliphatic rings. The molecule has 3 rings (SSSR count). The number of hydrogen-bond acceptors (Lipinski definition) is 5. The number of ether oxygens (including phenoxy) is 1. The molecule has 1 aromatic heterocycles. The van der Waals surface area contributed by atoms with Gasteiger partial charge in [-0.3, -0.25) is 4.79 Å². The van der Waals surface area contributed by atoms with E-state index in [-0.39, 0.29) is 23.6 Å². The molecule has 0 atom stereocenters. The van der Waals surface area contributed by atoms with Gasteiger partial charge in [-0.25, -0.2) is 0 Å². The highest BCUT2D eigenvalue weighted by Crippen LogP contribution is 2.39. The van der Waals surface area contributed by atoms with Crippen LogP contribution in [0.15, 0.2) is 24.4 Å². The average Bonchev–Trinajstić information content (AvgIpc) is 3.06. The fraction of sp³-hybridized carbons (Fsp3) is 0.474. The maximum Gasteiger partial charge on any atom is 0.381 e. The molecule has 0 saturated carbocycles. The summed E-state index contributed by atoms with van der Waals surface area (Å²) in [5.74, 6) is 0.136. The highest BCUT2D eigenvalue weighted by Gasteiger charge is 2.36. The van der Waals surface area contributed by atoms with Crippen LogP contribution in [0, 0.1) is 17.0 Å². The lowest BCUT2D eigenvalue weighted by atomic mass is 9.74. The zero-order chi connectivity index (χ0) is 21.0. The summed E-state index contributed by atoms with van der Waals surface area (Å²) < 4.78 is 7.12. The van der Waals surface area contributed by atoms with Gasteiger partial charge >= 0.3 is 5.82 Å². The van der Waals surface area contributed by atoms with Gasteiger partial charge in [-0.05, 0) is 40.4 Å². The number of benzene rings is 1. The van der Waals surface area contributed by atoms with Crippen molar-refractivity contribution in [1.29, 1.82) is 0 Å². The number of halogens is 2. The molecule has 0 bridgehead atoms. The molecule has 0 unspecified atom stereocenters. The first kappa shape index (κ1) is 21.5. The van der Waals surface area contributed by atoms with E-state index < -0.39 is 4.92 Å². The van der Waals surface area contributed by atoms with Crippen LogP contribution in [0.1, 0.15) is 30.7 Å². The van der Waals surface area contributed by atoms with Gasteiger partial charge in [0.2, 0.25) is 11.7 Å². The monoisotopic (exact) mass is 440 g/mol. The van der Waals surface area contributed by atoms with Gasteiger partial charge in [-0.1, -0.05) is 29.3 Å². The molecule has 10 heteroatoms. The lowest BCUT2D eigenvalue weighted by Gasteiger charge is -2.38. The van der Waals surface area contributed by atoms with Crippen molar-refractivity contribution >= 4 is 34.9 Å². The van der Waals surface area contributed by atoms with Crippen LogP contribution in [-0.4, -0.2) is 40.1 Å². The largest absolute Gasteiger partial charge is 0.381 e. The molecule has 0 aliphatic carbocycles. The van der Waals surface area contributed by atoms with Crippen molar-refractivity contribution in [3.8, 4) is 0 Å². The van der Waals surface area contributed by atoms with Crippen molar-refractivity contribution in [2.75, 3.05) is 19.8 Å². The van der Waals surface area contributed by atoms with Crippen LogP contribution >= 0.6 is 23.2 Å². The van der Waals surface area contributed by atoms with Crippen molar-refractivity contribution in [2.45, 2.75) is 38.1 Å². The number of nitrogens with one attached hydrogen (secondary N) is 1. The van der Waals surface area contributed by atoms with Gasteiger partial charge in [0.1, 0.15) is 6.20 Å². The Balaban J connectivity index is 1.65. The van der Waals surface area contributed by atoms with Gasteiger partial charge in [0.25, 0.3) is 0 Å². The molecule has 29 heavy (non-hydrogen) atoms. The van der Waals surface area contributed by atoms with E-state index in [4.69, 9.17) is 27.9 Å². The Morgan fingerprint density at radius 2 is 2.10 bits per heavy atom. The standard InChI is InChI=1S/C19H22Cl2N4O4/c1-13-23-17(25(27)28)11-24(13)7-4-18(26)22-12-19(5-8-29-9-6-19)15-3-2-14(20)10-16(15)21/h2-3,10-11H,4-9,12H2,1H3,(H,22,26). The van der Waals surface area contributed by atoms with Crippen molar-refractivity contribution < 1.29 is 14.5 Å². The Bertz CT molecular complexity index is 910. The third kappa shape index (κ3) is 5.07. The second kappa shape index (κ2) is 9.11. The minimum Gasteiger partial charge on any atom is -0.381 e. The molecule has 1 N–H and O–H groups in total. The molecule has 0 radical (unpaired) electrons. The van der Waals surface area contributed by atoms with Crippen LogP contribution in [0.2, 0.25) is 10.0 Å². The van der Waals surface area contributed by atoms with E-state index in [0.717, 1.165) is 18.4 Å². The predicted octanol–water partition coefficient (Wildman–Crippen LogP) is 3.66. The van der Waals surface area contributed by atoms with Gasteiger partial charge in [0, 0.05) is 55.1 Å². The molecule has 1 fully saturated rings. The Hall–Kier alpha value is -2.16. The summed E-state index contributed by atoms with van der Waals surface area (Å²) in [6, 6.07) is 5.43. The van der Waals surface area contributed by atoms with Gasteiger partial charge in [0.15, 0.2) is 0 Å². The van der Waals surface area contributed by atoms with Gasteiger partial charge in [0.05, 0.1) is 0 Å². The fourth-order valence-corrected chi connectivity index (χ4v) is 4.22.